The Morgan fingerprint density at radius 3 is 3.00 bits per heavy atom. The first-order valence-electron chi connectivity index (χ1n) is 7.56. The van der Waals surface area contributed by atoms with Crippen LogP contribution in [0.4, 0.5) is 5.13 Å². The zero-order chi connectivity index (χ0) is 15.1. The maximum atomic E-state index is 5.88. The molecule has 0 saturated carbocycles. The fourth-order valence-electron chi connectivity index (χ4n) is 3.24. The van der Waals surface area contributed by atoms with Crippen LogP contribution < -0.4 is 5.73 Å². The molecule has 3 heterocycles. The maximum Gasteiger partial charge on any atom is 0.181 e. The maximum absolute atomic E-state index is 5.88. The van der Waals surface area contributed by atoms with Crippen molar-refractivity contribution in [2.75, 3.05) is 18.8 Å². The summed E-state index contributed by atoms with van der Waals surface area (Å²) in [6, 6.07) is 4.34. The number of aromatic nitrogens is 3. The summed E-state index contributed by atoms with van der Waals surface area (Å²) in [5, 5.41) is 4.92. The third-order valence-electron chi connectivity index (χ3n) is 4.31. The molecule has 2 N–H and O–H groups in total. The van der Waals surface area contributed by atoms with E-state index >= 15 is 0 Å². The highest BCUT2D eigenvalue weighted by atomic mass is 32.1. The Morgan fingerprint density at radius 1 is 1.32 bits per heavy atom. The first-order chi connectivity index (χ1) is 10.7. The smallest absolute Gasteiger partial charge is 0.181 e. The van der Waals surface area contributed by atoms with Crippen molar-refractivity contribution in [1.29, 1.82) is 0 Å². The Hall–Kier alpha value is -1.92. The van der Waals surface area contributed by atoms with Crippen molar-refractivity contribution in [1.82, 2.24) is 19.7 Å². The van der Waals surface area contributed by atoms with Gasteiger partial charge in [0.15, 0.2) is 5.13 Å². The normalized spacial score (nSPS) is 15.9. The molecule has 3 aromatic rings. The Bertz CT molecular complexity index is 819. The Kier molecular flexibility index (Phi) is 3.35. The third kappa shape index (κ3) is 2.48. The highest BCUT2D eigenvalue weighted by Gasteiger charge is 2.18. The molecule has 0 unspecified atom stereocenters. The van der Waals surface area contributed by atoms with E-state index < -0.39 is 0 Å². The number of hydrogen-bond donors (Lipinski definition) is 1. The van der Waals surface area contributed by atoms with Crippen molar-refractivity contribution in [2.45, 2.75) is 19.4 Å². The molecule has 114 valence electrons. The van der Waals surface area contributed by atoms with Crippen LogP contribution >= 0.6 is 11.3 Å². The molecule has 0 fully saturated rings. The summed E-state index contributed by atoms with van der Waals surface area (Å²) in [5.41, 5.74) is 11.1. The van der Waals surface area contributed by atoms with E-state index in [2.05, 4.69) is 33.3 Å². The molecule has 4 rings (SSSR count). The van der Waals surface area contributed by atoms with E-state index in [1.807, 2.05) is 17.9 Å². The number of thiazole rings is 1. The van der Waals surface area contributed by atoms with Crippen molar-refractivity contribution < 1.29 is 0 Å². The minimum atomic E-state index is 0.667. The SMILES string of the molecule is Cn1cc(CN2CCc3ccc4n[14c](N)sc4c3CC2)cn1. The van der Waals surface area contributed by atoms with Gasteiger partial charge in [-0.15, -0.1) is 0 Å². The van der Waals surface area contributed by atoms with Crippen LogP contribution in [0.25, 0.3) is 10.2 Å². The van der Waals surface area contributed by atoms with Crippen molar-refractivity contribution in [3.8, 4) is 0 Å². The van der Waals surface area contributed by atoms with Gasteiger partial charge in [-0.1, -0.05) is 17.4 Å². The molecule has 1 aromatic carbocycles. The highest BCUT2D eigenvalue weighted by molar-refractivity contribution is 7.22. The van der Waals surface area contributed by atoms with Crippen LogP contribution in [0.15, 0.2) is 24.5 Å². The fraction of sp³-hybridized carbons (Fsp3) is 0.375. The average Bonchev–Trinajstić information content (AvgIpc) is 3.00. The Morgan fingerprint density at radius 2 is 2.18 bits per heavy atom. The Labute approximate surface area is 133 Å². The van der Waals surface area contributed by atoms with Gasteiger partial charge >= 0.3 is 0 Å². The predicted octanol–water partition coefficient (Wildman–Crippen LogP) is 2.21. The number of nitrogens with zero attached hydrogens (tertiary/aromatic N) is 4. The predicted molar refractivity (Wildman–Crippen MR) is 89.9 cm³/mol. The number of anilines is 1. The molecule has 0 spiro atoms. The number of benzene rings is 1. The first-order valence-corrected chi connectivity index (χ1v) is 8.37. The zero-order valence-electron chi connectivity index (χ0n) is 12.6. The molecule has 6 heteroatoms. The van der Waals surface area contributed by atoms with E-state index in [0.717, 1.165) is 38.0 Å². The molecular weight excluding hydrogens is 296 g/mol. The fourth-order valence-corrected chi connectivity index (χ4v) is 4.17. The summed E-state index contributed by atoms with van der Waals surface area (Å²) in [7, 11) is 1.96. The minimum Gasteiger partial charge on any atom is -0.375 e. The van der Waals surface area contributed by atoms with Crippen LogP contribution in [-0.2, 0) is 26.4 Å². The molecule has 1 aliphatic heterocycles. The number of rotatable bonds is 2. The number of nitrogens with two attached hydrogens (primary N) is 1. The topological polar surface area (TPSA) is 60.0 Å². The number of aryl methyl sites for hydroxylation is 1. The van der Waals surface area contributed by atoms with Crippen LogP contribution in [0.3, 0.4) is 0 Å². The second kappa shape index (κ2) is 5.37. The van der Waals surface area contributed by atoms with Gasteiger partial charge < -0.3 is 5.73 Å². The first kappa shape index (κ1) is 13.7. The molecule has 0 amide bonds. The van der Waals surface area contributed by atoms with Gasteiger partial charge in [0.05, 0.1) is 16.4 Å². The van der Waals surface area contributed by atoms with E-state index in [9.17, 15) is 0 Å². The summed E-state index contributed by atoms with van der Waals surface area (Å²) >= 11 is 1.62. The van der Waals surface area contributed by atoms with Gasteiger partial charge in [-0.25, -0.2) is 4.98 Å². The zero-order valence-corrected chi connectivity index (χ0v) is 13.4. The van der Waals surface area contributed by atoms with Crippen molar-refractivity contribution >= 4 is 26.7 Å². The quantitative estimate of drug-likeness (QED) is 0.788. The van der Waals surface area contributed by atoms with Crippen molar-refractivity contribution in [2.24, 2.45) is 7.05 Å². The number of fused-ring (bicyclic) bond motifs is 3. The van der Waals surface area contributed by atoms with E-state index in [4.69, 9.17) is 5.73 Å². The monoisotopic (exact) mass is 315 g/mol. The van der Waals surface area contributed by atoms with Crippen LogP contribution in [0.1, 0.15) is 16.7 Å². The standard InChI is InChI=1S/C16H19N5S/c1-20-9-11(8-18-20)10-21-6-4-12-2-3-14-15(13(12)5-7-21)22-16(17)19-14/h2-3,8-9H,4-7,10H2,1H3,(H2,17,19)/i16+2. The lowest BCUT2D eigenvalue weighted by molar-refractivity contribution is 0.279. The molecule has 0 radical (unpaired) electrons. The summed E-state index contributed by atoms with van der Waals surface area (Å²) in [5.74, 6) is 0. The average molecular weight is 315 g/mol. The highest BCUT2D eigenvalue weighted by Crippen LogP contribution is 2.31. The molecular formula is C16H19N5S. The van der Waals surface area contributed by atoms with Crippen LogP contribution in [0.2, 0.25) is 0 Å². The van der Waals surface area contributed by atoms with Crippen LogP contribution in [0, 0.1) is 0 Å². The van der Waals surface area contributed by atoms with Crippen molar-refractivity contribution in [3.63, 3.8) is 0 Å². The van der Waals surface area contributed by atoms with E-state index in [1.165, 1.54) is 21.4 Å². The molecule has 22 heavy (non-hydrogen) atoms. The third-order valence-corrected chi connectivity index (χ3v) is 5.27. The minimum absolute atomic E-state index is 0.667. The summed E-state index contributed by atoms with van der Waals surface area (Å²) in [4.78, 5) is 6.92. The Balaban J connectivity index is 1.58. The largest absolute Gasteiger partial charge is 0.375 e. The van der Waals surface area contributed by atoms with E-state index in [1.54, 1.807) is 11.3 Å². The molecule has 0 aliphatic carbocycles. The number of nitrogen functional groups attached to an aromatic ring is 1. The van der Waals surface area contributed by atoms with Crippen LogP contribution in [-0.4, -0.2) is 32.8 Å². The van der Waals surface area contributed by atoms with Gasteiger partial charge in [0.1, 0.15) is 0 Å². The number of hydrogen-bond acceptors (Lipinski definition) is 5. The lowest BCUT2D eigenvalue weighted by atomic mass is 10.0. The molecule has 0 bridgehead atoms. The van der Waals surface area contributed by atoms with Gasteiger partial charge in [-0.3, -0.25) is 9.58 Å². The van der Waals surface area contributed by atoms with Gasteiger partial charge in [0.25, 0.3) is 0 Å². The second-order valence-electron chi connectivity index (χ2n) is 5.90. The lowest BCUT2D eigenvalue weighted by Crippen LogP contribution is -2.25. The summed E-state index contributed by atoms with van der Waals surface area (Å²) in [6.07, 6.45) is 6.21. The van der Waals surface area contributed by atoms with Crippen LogP contribution in [0.5, 0.6) is 0 Å². The molecule has 1 aliphatic rings. The van der Waals surface area contributed by atoms with Crippen molar-refractivity contribution in [3.05, 3.63) is 41.2 Å². The molecule has 2 aromatic heterocycles. The van der Waals surface area contributed by atoms with Gasteiger partial charge in [-0.05, 0) is 30.0 Å². The second-order valence-corrected chi connectivity index (χ2v) is 6.93. The van der Waals surface area contributed by atoms with Gasteiger partial charge in [-0.2, -0.15) is 5.10 Å². The van der Waals surface area contributed by atoms with E-state index in [-0.39, 0.29) is 0 Å². The molecule has 0 atom stereocenters. The molecule has 0 saturated heterocycles. The summed E-state index contributed by atoms with van der Waals surface area (Å²) in [6.45, 7) is 3.12. The lowest BCUT2D eigenvalue weighted by Gasteiger charge is -2.18. The van der Waals surface area contributed by atoms with Gasteiger partial charge in [0, 0.05) is 38.4 Å². The van der Waals surface area contributed by atoms with E-state index in [0.29, 0.717) is 5.13 Å². The molecule has 5 nitrogen and oxygen atoms in total. The van der Waals surface area contributed by atoms with Gasteiger partial charge in [0.2, 0.25) is 0 Å². The summed E-state index contributed by atoms with van der Waals surface area (Å²) < 4.78 is 3.14.